The van der Waals surface area contributed by atoms with Gasteiger partial charge in [-0.3, -0.25) is 0 Å². The van der Waals surface area contributed by atoms with Crippen LogP contribution in [-0.2, 0) is 6.42 Å². The Morgan fingerprint density at radius 1 is 1.24 bits per heavy atom. The van der Waals surface area contributed by atoms with E-state index in [2.05, 4.69) is 18.3 Å². The van der Waals surface area contributed by atoms with E-state index in [1.54, 1.807) is 6.07 Å². The van der Waals surface area contributed by atoms with Crippen molar-refractivity contribution in [2.24, 2.45) is 0 Å². The molecule has 1 N–H and O–H groups in total. The number of benzene rings is 2. The SMILES string of the molecule is COc1ccc(NC(C)c2ccc3c(c2)CCO3)cc1F. The van der Waals surface area contributed by atoms with E-state index in [0.29, 0.717) is 0 Å². The molecule has 2 aromatic rings. The molecule has 3 rings (SSSR count). The second-order valence-electron chi connectivity index (χ2n) is 5.18. The van der Waals surface area contributed by atoms with Crippen LogP contribution in [0.3, 0.4) is 0 Å². The van der Waals surface area contributed by atoms with E-state index in [-0.39, 0.29) is 17.6 Å². The standard InChI is InChI=1S/C17H18FNO2/c1-11(12-3-5-16-13(9-12)7-8-21-16)19-14-4-6-17(20-2)15(18)10-14/h3-6,9-11,19H,7-8H2,1-2H3. The summed E-state index contributed by atoms with van der Waals surface area (Å²) in [6.07, 6.45) is 0.951. The van der Waals surface area contributed by atoms with Gasteiger partial charge in [-0.2, -0.15) is 0 Å². The van der Waals surface area contributed by atoms with Crippen molar-refractivity contribution >= 4 is 5.69 Å². The fraction of sp³-hybridized carbons (Fsp3) is 0.294. The van der Waals surface area contributed by atoms with Gasteiger partial charge in [0.15, 0.2) is 11.6 Å². The van der Waals surface area contributed by atoms with Crippen molar-refractivity contribution in [1.29, 1.82) is 0 Å². The number of halogens is 1. The zero-order chi connectivity index (χ0) is 14.8. The molecule has 0 amide bonds. The number of anilines is 1. The fourth-order valence-corrected chi connectivity index (χ4v) is 2.57. The minimum absolute atomic E-state index is 0.0868. The molecule has 2 aromatic carbocycles. The maximum Gasteiger partial charge on any atom is 0.167 e. The molecule has 0 spiro atoms. The van der Waals surface area contributed by atoms with E-state index >= 15 is 0 Å². The van der Waals surface area contributed by atoms with Gasteiger partial charge in [-0.1, -0.05) is 6.07 Å². The van der Waals surface area contributed by atoms with Crippen LogP contribution in [-0.4, -0.2) is 13.7 Å². The Bertz CT molecular complexity index is 657. The second-order valence-corrected chi connectivity index (χ2v) is 5.18. The summed E-state index contributed by atoms with van der Waals surface area (Å²) < 4.78 is 24.1. The molecule has 4 heteroatoms. The van der Waals surface area contributed by atoms with Crippen molar-refractivity contribution in [2.45, 2.75) is 19.4 Å². The molecule has 0 saturated carbocycles. The lowest BCUT2D eigenvalue weighted by atomic mass is 10.0. The van der Waals surface area contributed by atoms with Crippen LogP contribution in [0.1, 0.15) is 24.1 Å². The molecule has 0 aliphatic carbocycles. The van der Waals surface area contributed by atoms with Gasteiger partial charge in [0.1, 0.15) is 5.75 Å². The maximum absolute atomic E-state index is 13.7. The molecule has 0 saturated heterocycles. The van der Waals surface area contributed by atoms with Crippen molar-refractivity contribution in [1.82, 2.24) is 0 Å². The lowest BCUT2D eigenvalue weighted by Crippen LogP contribution is -2.07. The smallest absolute Gasteiger partial charge is 0.167 e. The predicted octanol–water partition coefficient (Wildman–Crippen LogP) is 3.94. The van der Waals surface area contributed by atoms with Crippen LogP contribution < -0.4 is 14.8 Å². The van der Waals surface area contributed by atoms with Crippen molar-refractivity contribution in [3.8, 4) is 11.5 Å². The van der Waals surface area contributed by atoms with Crippen LogP contribution in [0, 0.1) is 5.82 Å². The van der Waals surface area contributed by atoms with Crippen molar-refractivity contribution < 1.29 is 13.9 Å². The highest BCUT2D eigenvalue weighted by atomic mass is 19.1. The quantitative estimate of drug-likeness (QED) is 0.924. The first kappa shape index (κ1) is 13.7. The summed E-state index contributed by atoms with van der Waals surface area (Å²) in [4.78, 5) is 0. The number of methoxy groups -OCH3 is 1. The molecule has 110 valence electrons. The van der Waals surface area contributed by atoms with Crippen molar-refractivity contribution in [3.63, 3.8) is 0 Å². The first-order chi connectivity index (χ1) is 10.2. The van der Waals surface area contributed by atoms with Crippen LogP contribution in [0.5, 0.6) is 11.5 Å². The fourth-order valence-electron chi connectivity index (χ4n) is 2.57. The molecule has 1 heterocycles. The molecule has 1 aliphatic heterocycles. The second kappa shape index (κ2) is 5.64. The number of hydrogen-bond donors (Lipinski definition) is 1. The van der Waals surface area contributed by atoms with Gasteiger partial charge < -0.3 is 14.8 Å². The Balaban J connectivity index is 1.76. The Labute approximate surface area is 123 Å². The summed E-state index contributed by atoms with van der Waals surface area (Å²) in [6.45, 7) is 2.81. The van der Waals surface area contributed by atoms with Crippen LogP contribution in [0.25, 0.3) is 0 Å². The summed E-state index contributed by atoms with van der Waals surface area (Å²) in [5.74, 6) is 0.862. The Morgan fingerprint density at radius 2 is 2.10 bits per heavy atom. The molecule has 1 unspecified atom stereocenters. The van der Waals surface area contributed by atoms with E-state index in [1.165, 1.54) is 18.7 Å². The summed E-state index contributed by atoms with van der Waals surface area (Å²) in [7, 11) is 1.46. The maximum atomic E-state index is 13.7. The molecular formula is C17H18FNO2. The Kier molecular flexibility index (Phi) is 3.69. The number of hydrogen-bond acceptors (Lipinski definition) is 3. The highest BCUT2D eigenvalue weighted by molar-refractivity contribution is 5.50. The zero-order valence-corrected chi connectivity index (χ0v) is 12.2. The monoisotopic (exact) mass is 287 g/mol. The van der Waals surface area contributed by atoms with Gasteiger partial charge in [-0.15, -0.1) is 0 Å². The average molecular weight is 287 g/mol. The first-order valence-electron chi connectivity index (χ1n) is 7.03. The number of nitrogens with one attached hydrogen (secondary N) is 1. The molecule has 21 heavy (non-hydrogen) atoms. The van der Waals surface area contributed by atoms with Crippen LogP contribution in [0.4, 0.5) is 10.1 Å². The normalized spacial score (nSPS) is 14.2. The van der Waals surface area contributed by atoms with E-state index in [1.807, 2.05) is 18.2 Å². The Hall–Kier alpha value is -2.23. The highest BCUT2D eigenvalue weighted by Gasteiger charge is 2.15. The molecule has 0 bridgehead atoms. The van der Waals surface area contributed by atoms with Crippen LogP contribution >= 0.6 is 0 Å². The summed E-state index contributed by atoms with van der Waals surface area (Å²) in [5.41, 5.74) is 3.13. The van der Waals surface area contributed by atoms with Gasteiger partial charge in [-0.05, 0) is 42.3 Å². The molecule has 0 aromatic heterocycles. The number of rotatable bonds is 4. The number of ether oxygens (including phenoxy) is 2. The summed E-state index contributed by atoms with van der Waals surface area (Å²) >= 11 is 0. The lowest BCUT2D eigenvalue weighted by Gasteiger charge is -2.17. The molecule has 1 atom stereocenters. The summed E-state index contributed by atoms with van der Waals surface area (Å²) in [5, 5.41) is 3.31. The lowest BCUT2D eigenvalue weighted by molar-refractivity contribution is 0.357. The number of fused-ring (bicyclic) bond motifs is 1. The summed E-state index contributed by atoms with van der Waals surface area (Å²) in [6, 6.07) is 11.2. The van der Waals surface area contributed by atoms with Gasteiger partial charge >= 0.3 is 0 Å². The molecule has 0 fully saturated rings. The third kappa shape index (κ3) is 2.79. The van der Waals surface area contributed by atoms with Crippen molar-refractivity contribution in [2.75, 3.05) is 19.0 Å². The molecule has 1 aliphatic rings. The Morgan fingerprint density at radius 3 is 2.86 bits per heavy atom. The van der Waals surface area contributed by atoms with Crippen LogP contribution in [0.2, 0.25) is 0 Å². The minimum atomic E-state index is -0.364. The van der Waals surface area contributed by atoms with Gasteiger partial charge in [0.25, 0.3) is 0 Å². The molecule has 3 nitrogen and oxygen atoms in total. The van der Waals surface area contributed by atoms with Gasteiger partial charge in [0, 0.05) is 24.2 Å². The highest BCUT2D eigenvalue weighted by Crippen LogP contribution is 2.30. The largest absolute Gasteiger partial charge is 0.494 e. The van der Waals surface area contributed by atoms with E-state index in [0.717, 1.165) is 30.0 Å². The van der Waals surface area contributed by atoms with E-state index in [4.69, 9.17) is 9.47 Å². The topological polar surface area (TPSA) is 30.5 Å². The minimum Gasteiger partial charge on any atom is -0.494 e. The predicted molar refractivity (Wildman–Crippen MR) is 80.6 cm³/mol. The van der Waals surface area contributed by atoms with Gasteiger partial charge in [-0.25, -0.2) is 4.39 Å². The van der Waals surface area contributed by atoms with Crippen molar-refractivity contribution in [3.05, 3.63) is 53.3 Å². The third-order valence-corrected chi connectivity index (χ3v) is 3.75. The van der Waals surface area contributed by atoms with Crippen LogP contribution in [0.15, 0.2) is 36.4 Å². The zero-order valence-electron chi connectivity index (χ0n) is 12.2. The molecule has 0 radical (unpaired) electrons. The van der Waals surface area contributed by atoms with Gasteiger partial charge in [0.05, 0.1) is 13.7 Å². The first-order valence-corrected chi connectivity index (χ1v) is 7.03. The van der Waals surface area contributed by atoms with Gasteiger partial charge in [0.2, 0.25) is 0 Å². The van der Waals surface area contributed by atoms with E-state index < -0.39 is 0 Å². The molecular weight excluding hydrogens is 269 g/mol. The third-order valence-electron chi connectivity index (χ3n) is 3.75. The van der Waals surface area contributed by atoms with E-state index in [9.17, 15) is 4.39 Å². The average Bonchev–Trinajstić information content (AvgIpc) is 2.94.